The van der Waals surface area contributed by atoms with E-state index in [0.717, 1.165) is 61.1 Å². The van der Waals surface area contributed by atoms with Crippen molar-refractivity contribution >= 4 is 17.1 Å². The van der Waals surface area contributed by atoms with Crippen molar-refractivity contribution in [3.05, 3.63) is 48.5 Å². The van der Waals surface area contributed by atoms with Crippen LogP contribution in [-0.4, -0.2) is 50.6 Å². The fraction of sp³-hybridized carbons (Fsp3) is 0.435. The van der Waals surface area contributed by atoms with Crippen molar-refractivity contribution in [2.24, 2.45) is 5.92 Å². The molecular formula is C23H23F2N5O. The highest BCUT2D eigenvalue weighted by Crippen LogP contribution is 2.40. The summed E-state index contributed by atoms with van der Waals surface area (Å²) in [6.45, 7) is 1.67. The van der Waals surface area contributed by atoms with Gasteiger partial charge in [-0.2, -0.15) is 5.10 Å². The van der Waals surface area contributed by atoms with Crippen LogP contribution in [0.5, 0.6) is 0 Å². The van der Waals surface area contributed by atoms with Crippen LogP contribution in [0.3, 0.4) is 0 Å². The SMILES string of the molecule is O=C(C1CC1)N1C2CCC1CN(c1ccnn3cc(-c4ccc(C(F)F)nc4)cc13)C2. The number of nitrogens with zero attached hydrogens (tertiary/aromatic N) is 5. The van der Waals surface area contributed by atoms with Gasteiger partial charge in [0.2, 0.25) is 5.91 Å². The van der Waals surface area contributed by atoms with Gasteiger partial charge < -0.3 is 9.80 Å². The quantitative estimate of drug-likeness (QED) is 0.638. The van der Waals surface area contributed by atoms with E-state index in [1.807, 2.05) is 22.8 Å². The van der Waals surface area contributed by atoms with E-state index in [9.17, 15) is 13.6 Å². The van der Waals surface area contributed by atoms with Gasteiger partial charge in [0.05, 0.1) is 11.2 Å². The molecule has 8 heteroatoms. The largest absolute Gasteiger partial charge is 0.366 e. The third-order valence-electron chi connectivity index (χ3n) is 6.83. The summed E-state index contributed by atoms with van der Waals surface area (Å²) in [6, 6.07) is 7.65. The Bertz CT molecular complexity index is 1130. The van der Waals surface area contributed by atoms with E-state index in [0.29, 0.717) is 5.91 Å². The molecule has 2 aliphatic heterocycles. The maximum absolute atomic E-state index is 12.8. The molecule has 0 radical (unpaired) electrons. The summed E-state index contributed by atoms with van der Waals surface area (Å²) in [5.41, 5.74) is 3.51. The predicted molar refractivity (Wildman–Crippen MR) is 112 cm³/mol. The van der Waals surface area contributed by atoms with Gasteiger partial charge in [-0.05, 0) is 43.9 Å². The predicted octanol–water partition coefficient (Wildman–Crippen LogP) is 3.92. The lowest BCUT2D eigenvalue weighted by Crippen LogP contribution is -2.56. The lowest BCUT2D eigenvalue weighted by molar-refractivity contribution is -0.135. The monoisotopic (exact) mass is 423 g/mol. The second-order valence-corrected chi connectivity index (χ2v) is 8.86. The van der Waals surface area contributed by atoms with Gasteiger partial charge in [0.15, 0.2) is 0 Å². The maximum Gasteiger partial charge on any atom is 0.280 e. The molecule has 5 heterocycles. The van der Waals surface area contributed by atoms with Gasteiger partial charge in [0.25, 0.3) is 6.43 Å². The van der Waals surface area contributed by atoms with E-state index in [-0.39, 0.29) is 23.7 Å². The van der Waals surface area contributed by atoms with Gasteiger partial charge in [0.1, 0.15) is 5.69 Å². The van der Waals surface area contributed by atoms with E-state index in [1.54, 1.807) is 12.3 Å². The molecule has 31 heavy (non-hydrogen) atoms. The number of rotatable bonds is 4. The number of amides is 1. The molecule has 2 saturated heterocycles. The van der Waals surface area contributed by atoms with Crippen molar-refractivity contribution in [3.8, 4) is 11.1 Å². The van der Waals surface area contributed by atoms with Crippen LogP contribution in [0, 0.1) is 5.92 Å². The molecule has 6 nitrogen and oxygen atoms in total. The molecular weight excluding hydrogens is 400 g/mol. The van der Waals surface area contributed by atoms with Crippen molar-refractivity contribution in [2.45, 2.75) is 44.2 Å². The first-order valence-corrected chi connectivity index (χ1v) is 10.9. The lowest BCUT2D eigenvalue weighted by Gasteiger charge is -2.42. The normalized spacial score (nSPS) is 23.2. The van der Waals surface area contributed by atoms with Crippen LogP contribution < -0.4 is 4.90 Å². The second kappa shape index (κ2) is 7.00. The van der Waals surface area contributed by atoms with Crippen LogP contribution in [-0.2, 0) is 4.79 Å². The minimum Gasteiger partial charge on any atom is -0.366 e. The number of fused-ring (bicyclic) bond motifs is 3. The first-order chi connectivity index (χ1) is 15.1. The Morgan fingerprint density at radius 2 is 1.81 bits per heavy atom. The number of halogens is 2. The molecule has 0 spiro atoms. The van der Waals surface area contributed by atoms with Gasteiger partial charge in [-0.3, -0.25) is 9.78 Å². The highest BCUT2D eigenvalue weighted by Gasteiger charge is 2.46. The van der Waals surface area contributed by atoms with Crippen LogP contribution in [0.15, 0.2) is 42.9 Å². The van der Waals surface area contributed by atoms with Crippen LogP contribution >= 0.6 is 0 Å². The van der Waals surface area contributed by atoms with Gasteiger partial charge in [-0.25, -0.2) is 13.3 Å². The van der Waals surface area contributed by atoms with Crippen LogP contribution in [0.1, 0.15) is 37.8 Å². The van der Waals surface area contributed by atoms with Crippen molar-refractivity contribution in [3.63, 3.8) is 0 Å². The Hall–Kier alpha value is -3.03. The zero-order chi connectivity index (χ0) is 21.1. The summed E-state index contributed by atoms with van der Waals surface area (Å²) < 4.78 is 27.5. The van der Waals surface area contributed by atoms with Crippen LogP contribution in [0.25, 0.3) is 16.6 Å². The van der Waals surface area contributed by atoms with E-state index in [2.05, 4.69) is 19.9 Å². The Balaban J connectivity index is 1.30. The van der Waals surface area contributed by atoms with Crippen LogP contribution in [0.2, 0.25) is 0 Å². The minimum absolute atomic E-state index is 0.222. The second-order valence-electron chi connectivity index (χ2n) is 8.86. The number of carbonyl (C=O) groups is 1. The smallest absolute Gasteiger partial charge is 0.280 e. The number of hydrogen-bond donors (Lipinski definition) is 0. The Morgan fingerprint density at radius 3 is 2.45 bits per heavy atom. The maximum atomic E-state index is 12.8. The zero-order valence-corrected chi connectivity index (χ0v) is 17.0. The molecule has 1 amide bonds. The molecule has 0 aromatic carbocycles. The molecule has 1 saturated carbocycles. The summed E-state index contributed by atoms with van der Waals surface area (Å²) in [4.78, 5) is 21.2. The third-order valence-corrected chi connectivity index (χ3v) is 6.83. The number of pyridine rings is 1. The summed E-state index contributed by atoms with van der Waals surface area (Å²) in [5.74, 6) is 0.622. The van der Waals surface area contributed by atoms with Gasteiger partial charge in [0, 0.05) is 60.8 Å². The molecule has 3 fully saturated rings. The van der Waals surface area contributed by atoms with Crippen molar-refractivity contribution in [1.82, 2.24) is 19.5 Å². The average Bonchev–Trinajstić information content (AvgIpc) is 3.48. The lowest BCUT2D eigenvalue weighted by atomic mass is 10.1. The molecule has 160 valence electrons. The first-order valence-electron chi connectivity index (χ1n) is 10.9. The van der Waals surface area contributed by atoms with Crippen molar-refractivity contribution < 1.29 is 13.6 Å². The Kier molecular flexibility index (Phi) is 4.23. The molecule has 2 bridgehead atoms. The number of hydrogen-bond acceptors (Lipinski definition) is 4. The topological polar surface area (TPSA) is 53.7 Å². The molecule has 2 atom stereocenters. The highest BCUT2D eigenvalue weighted by molar-refractivity contribution is 5.83. The van der Waals surface area contributed by atoms with Crippen LogP contribution in [0.4, 0.5) is 14.5 Å². The van der Waals surface area contributed by atoms with Gasteiger partial charge >= 0.3 is 0 Å². The Labute approximate surface area is 178 Å². The summed E-state index contributed by atoms with van der Waals surface area (Å²) in [7, 11) is 0. The molecule has 0 N–H and O–H groups in total. The van der Waals surface area contributed by atoms with Gasteiger partial charge in [-0.15, -0.1) is 0 Å². The highest BCUT2D eigenvalue weighted by atomic mass is 19.3. The minimum atomic E-state index is -2.57. The zero-order valence-electron chi connectivity index (χ0n) is 17.0. The van der Waals surface area contributed by atoms with E-state index in [4.69, 9.17) is 0 Å². The number of carbonyl (C=O) groups excluding carboxylic acids is 1. The molecule has 2 unspecified atom stereocenters. The van der Waals surface area contributed by atoms with Crippen molar-refractivity contribution in [1.29, 1.82) is 0 Å². The number of alkyl halides is 2. The summed E-state index contributed by atoms with van der Waals surface area (Å²) >= 11 is 0. The number of anilines is 1. The number of piperazine rings is 1. The van der Waals surface area contributed by atoms with E-state index in [1.165, 1.54) is 12.3 Å². The first kappa shape index (κ1) is 18.7. The molecule has 3 aromatic heterocycles. The molecule has 1 aliphatic carbocycles. The number of aromatic nitrogens is 3. The summed E-state index contributed by atoms with van der Waals surface area (Å²) in [6.07, 6.45) is 6.82. The molecule has 6 rings (SSSR count). The molecule has 3 aliphatic rings. The van der Waals surface area contributed by atoms with E-state index >= 15 is 0 Å². The van der Waals surface area contributed by atoms with Crippen molar-refractivity contribution in [2.75, 3.05) is 18.0 Å². The molecule has 3 aromatic rings. The standard InChI is InChI=1S/C23H23F2N5O/c24-22(25)19-6-3-15(10-26-19)16-9-21-20(7-8-27-29(21)11-16)28-12-17-4-5-18(13-28)30(17)23(31)14-1-2-14/h3,6-11,14,17-18,22H,1-2,4-5,12-13H2. The Morgan fingerprint density at radius 1 is 1.03 bits per heavy atom. The third kappa shape index (κ3) is 3.16. The van der Waals surface area contributed by atoms with Gasteiger partial charge in [-0.1, -0.05) is 6.07 Å². The fourth-order valence-corrected chi connectivity index (χ4v) is 5.13. The summed E-state index contributed by atoms with van der Waals surface area (Å²) in [5, 5.41) is 4.44. The van der Waals surface area contributed by atoms with E-state index < -0.39 is 6.43 Å². The fourth-order valence-electron chi connectivity index (χ4n) is 5.13. The average molecular weight is 423 g/mol.